The molecule has 2 fully saturated rings. The highest BCUT2D eigenvalue weighted by molar-refractivity contribution is 5.01. The SMILES string of the molecule is CCC1CCCCC1(CN)N1CCC(C)C(OC)C1. The number of piperidine rings is 1. The van der Waals surface area contributed by atoms with Gasteiger partial charge in [-0.05, 0) is 37.6 Å². The van der Waals surface area contributed by atoms with Gasteiger partial charge >= 0.3 is 0 Å². The van der Waals surface area contributed by atoms with Crippen molar-refractivity contribution in [1.29, 1.82) is 0 Å². The van der Waals surface area contributed by atoms with Crippen molar-refractivity contribution in [3.05, 3.63) is 0 Å². The Morgan fingerprint density at radius 3 is 2.74 bits per heavy atom. The third-order valence-corrected chi connectivity index (χ3v) is 5.84. The normalized spacial score (nSPS) is 41.4. The minimum absolute atomic E-state index is 0.254. The van der Waals surface area contributed by atoms with E-state index >= 15 is 0 Å². The molecule has 0 bridgehead atoms. The van der Waals surface area contributed by atoms with E-state index in [2.05, 4.69) is 18.7 Å². The van der Waals surface area contributed by atoms with E-state index in [1.54, 1.807) is 0 Å². The second-order valence-electron chi connectivity index (χ2n) is 6.64. The van der Waals surface area contributed by atoms with Crippen LogP contribution in [-0.2, 0) is 4.74 Å². The standard InChI is InChI=1S/C16H32N2O/c1-4-14-7-5-6-9-16(14,12-17)18-10-8-13(2)15(11-18)19-3/h13-15H,4-12,17H2,1-3H3. The zero-order valence-electron chi connectivity index (χ0n) is 13.0. The first kappa shape index (κ1) is 15.3. The van der Waals surface area contributed by atoms with Crippen LogP contribution < -0.4 is 5.73 Å². The van der Waals surface area contributed by atoms with Crippen LogP contribution in [0.15, 0.2) is 0 Å². The van der Waals surface area contributed by atoms with Gasteiger partial charge < -0.3 is 10.5 Å². The van der Waals surface area contributed by atoms with Crippen LogP contribution in [-0.4, -0.2) is 43.3 Å². The number of hydrogen-bond acceptors (Lipinski definition) is 3. The van der Waals surface area contributed by atoms with Crippen LogP contribution in [0.4, 0.5) is 0 Å². The van der Waals surface area contributed by atoms with Gasteiger partial charge in [0.15, 0.2) is 0 Å². The topological polar surface area (TPSA) is 38.5 Å². The van der Waals surface area contributed by atoms with E-state index in [1.807, 2.05) is 7.11 Å². The van der Waals surface area contributed by atoms with E-state index in [0.29, 0.717) is 12.0 Å². The van der Waals surface area contributed by atoms with Gasteiger partial charge in [0.2, 0.25) is 0 Å². The number of rotatable bonds is 4. The third kappa shape index (κ3) is 2.84. The van der Waals surface area contributed by atoms with Crippen LogP contribution in [0.2, 0.25) is 0 Å². The van der Waals surface area contributed by atoms with Crippen molar-refractivity contribution in [1.82, 2.24) is 4.90 Å². The van der Waals surface area contributed by atoms with Crippen LogP contribution in [0.5, 0.6) is 0 Å². The maximum atomic E-state index is 6.27. The molecule has 19 heavy (non-hydrogen) atoms. The quantitative estimate of drug-likeness (QED) is 0.852. The summed E-state index contributed by atoms with van der Waals surface area (Å²) in [5.41, 5.74) is 6.53. The Kier molecular flexibility index (Phi) is 5.27. The largest absolute Gasteiger partial charge is 0.380 e. The van der Waals surface area contributed by atoms with Gasteiger partial charge in [-0.2, -0.15) is 0 Å². The van der Waals surface area contributed by atoms with Crippen molar-refractivity contribution in [2.45, 2.75) is 64.0 Å². The van der Waals surface area contributed by atoms with Crippen LogP contribution in [0.25, 0.3) is 0 Å². The van der Waals surface area contributed by atoms with Crippen LogP contribution in [0.1, 0.15) is 52.4 Å². The first-order valence-corrected chi connectivity index (χ1v) is 8.15. The Balaban J connectivity index is 2.15. The second-order valence-corrected chi connectivity index (χ2v) is 6.64. The smallest absolute Gasteiger partial charge is 0.0724 e. The molecule has 1 aliphatic heterocycles. The van der Waals surface area contributed by atoms with Gasteiger partial charge in [0.05, 0.1) is 6.10 Å². The Labute approximate surface area is 118 Å². The molecule has 0 amide bonds. The zero-order valence-corrected chi connectivity index (χ0v) is 13.0. The molecule has 1 saturated heterocycles. The lowest BCUT2D eigenvalue weighted by Crippen LogP contribution is -2.63. The first-order chi connectivity index (χ1) is 9.17. The minimum Gasteiger partial charge on any atom is -0.380 e. The van der Waals surface area contributed by atoms with E-state index in [-0.39, 0.29) is 5.54 Å². The van der Waals surface area contributed by atoms with Crippen molar-refractivity contribution in [3.8, 4) is 0 Å². The molecule has 3 heteroatoms. The molecule has 1 saturated carbocycles. The highest BCUT2D eigenvalue weighted by Crippen LogP contribution is 2.41. The highest BCUT2D eigenvalue weighted by Gasteiger charge is 2.45. The first-order valence-electron chi connectivity index (χ1n) is 8.15. The van der Waals surface area contributed by atoms with Gasteiger partial charge in [0.25, 0.3) is 0 Å². The third-order valence-electron chi connectivity index (χ3n) is 5.84. The maximum absolute atomic E-state index is 6.27. The minimum atomic E-state index is 0.254. The number of hydrogen-bond donors (Lipinski definition) is 1. The summed E-state index contributed by atoms with van der Waals surface area (Å²) in [4.78, 5) is 2.69. The Morgan fingerprint density at radius 2 is 2.11 bits per heavy atom. The van der Waals surface area contributed by atoms with Crippen molar-refractivity contribution in [2.75, 3.05) is 26.7 Å². The molecule has 0 aromatic rings. The molecule has 0 radical (unpaired) electrons. The maximum Gasteiger partial charge on any atom is 0.0724 e. The predicted molar refractivity (Wildman–Crippen MR) is 80.2 cm³/mol. The molecule has 2 N–H and O–H groups in total. The summed E-state index contributed by atoms with van der Waals surface area (Å²) in [7, 11) is 1.86. The summed E-state index contributed by atoms with van der Waals surface area (Å²) in [5.74, 6) is 1.46. The lowest BCUT2D eigenvalue weighted by molar-refractivity contribution is -0.0749. The van der Waals surface area contributed by atoms with E-state index in [0.717, 1.165) is 19.0 Å². The number of ether oxygens (including phenoxy) is 1. The summed E-state index contributed by atoms with van der Waals surface area (Å²) in [6, 6.07) is 0. The molecule has 2 rings (SSSR count). The van der Waals surface area contributed by atoms with Gasteiger partial charge in [0, 0.05) is 25.7 Å². The monoisotopic (exact) mass is 268 g/mol. The summed E-state index contributed by atoms with van der Waals surface area (Å²) in [6.07, 6.45) is 8.27. The number of methoxy groups -OCH3 is 1. The van der Waals surface area contributed by atoms with E-state index in [9.17, 15) is 0 Å². The molecule has 0 spiro atoms. The Hall–Kier alpha value is -0.120. The summed E-state index contributed by atoms with van der Waals surface area (Å²) in [6.45, 7) is 7.75. The molecule has 0 aromatic heterocycles. The molecule has 1 aliphatic carbocycles. The molecule has 4 atom stereocenters. The lowest BCUT2D eigenvalue weighted by atomic mass is 9.69. The van der Waals surface area contributed by atoms with Crippen LogP contribution >= 0.6 is 0 Å². The molecule has 4 unspecified atom stereocenters. The molecule has 2 aliphatic rings. The second kappa shape index (κ2) is 6.55. The van der Waals surface area contributed by atoms with Crippen molar-refractivity contribution < 1.29 is 4.74 Å². The van der Waals surface area contributed by atoms with Gasteiger partial charge in [-0.25, -0.2) is 0 Å². The molecular weight excluding hydrogens is 236 g/mol. The van der Waals surface area contributed by atoms with Crippen molar-refractivity contribution in [2.24, 2.45) is 17.6 Å². The van der Waals surface area contributed by atoms with Crippen molar-refractivity contribution >= 4 is 0 Å². The summed E-state index contributed by atoms with van der Waals surface area (Å²) in [5, 5.41) is 0. The number of nitrogens with zero attached hydrogens (tertiary/aromatic N) is 1. The fraction of sp³-hybridized carbons (Fsp3) is 1.00. The van der Waals surface area contributed by atoms with E-state index in [1.165, 1.54) is 45.1 Å². The highest BCUT2D eigenvalue weighted by atomic mass is 16.5. The summed E-state index contributed by atoms with van der Waals surface area (Å²) < 4.78 is 5.70. The predicted octanol–water partition coefficient (Wildman–Crippen LogP) is 2.64. The van der Waals surface area contributed by atoms with Gasteiger partial charge in [0.1, 0.15) is 0 Å². The fourth-order valence-electron chi connectivity index (χ4n) is 4.44. The lowest BCUT2D eigenvalue weighted by Gasteiger charge is -2.54. The van der Waals surface area contributed by atoms with E-state index < -0.39 is 0 Å². The number of nitrogens with two attached hydrogens (primary N) is 1. The van der Waals surface area contributed by atoms with Gasteiger partial charge in [-0.3, -0.25) is 4.90 Å². The zero-order chi connectivity index (χ0) is 13.9. The van der Waals surface area contributed by atoms with Gasteiger partial charge in [-0.15, -0.1) is 0 Å². The van der Waals surface area contributed by atoms with E-state index in [4.69, 9.17) is 10.5 Å². The molecule has 0 aromatic carbocycles. The molecular formula is C16H32N2O. The number of likely N-dealkylation sites (tertiary alicyclic amines) is 1. The Bertz CT molecular complexity index is 284. The van der Waals surface area contributed by atoms with Crippen molar-refractivity contribution in [3.63, 3.8) is 0 Å². The van der Waals surface area contributed by atoms with Crippen LogP contribution in [0, 0.1) is 11.8 Å². The van der Waals surface area contributed by atoms with Crippen LogP contribution in [0.3, 0.4) is 0 Å². The molecule has 1 heterocycles. The fourth-order valence-corrected chi connectivity index (χ4v) is 4.44. The summed E-state index contributed by atoms with van der Waals surface area (Å²) >= 11 is 0. The molecule has 112 valence electrons. The Morgan fingerprint density at radius 1 is 1.32 bits per heavy atom. The average Bonchev–Trinajstić information content (AvgIpc) is 2.47. The average molecular weight is 268 g/mol. The molecule has 3 nitrogen and oxygen atoms in total. The van der Waals surface area contributed by atoms with Gasteiger partial charge in [-0.1, -0.05) is 33.1 Å².